The minimum Gasteiger partial charge on any atom is -0.464 e. The van der Waals surface area contributed by atoms with Gasteiger partial charge in [-0.05, 0) is 84.9 Å². The normalized spacial score (nSPS) is 17.2. The Morgan fingerprint density at radius 2 is 1.10 bits per heavy atom. The Hall–Kier alpha value is -5.34. The van der Waals surface area contributed by atoms with Gasteiger partial charge in [0.05, 0.1) is 26.8 Å². The lowest BCUT2D eigenvalue weighted by atomic mass is 9.85. The summed E-state index contributed by atoms with van der Waals surface area (Å²) in [5.74, 6) is 0. The Bertz CT molecular complexity index is 3190. The lowest BCUT2D eigenvalue weighted by Gasteiger charge is -2.18. The van der Waals surface area contributed by atoms with Crippen LogP contribution < -0.4 is 0 Å². The van der Waals surface area contributed by atoms with Crippen LogP contribution in [-0.2, 0) is 0 Å². The molecule has 0 atom stereocenters. The topological polar surface area (TPSA) is 26.3 Å². The van der Waals surface area contributed by atoms with Crippen LogP contribution in [0.1, 0.15) is 20.6 Å². The standard InChI is InChI=1S/C38H22O2/c1-2-8-24-19-26(14-13-23(24)7-1)37-28-9-3-5-11-30(28)38(31-12-6-4-10-29(31)37)27-15-16-34-32(21-27)33-20-25-17-18-39-35(25)22-36(33)40-34/h1-22H/i1D,2D,3D,4D,5D,6D,7D,8D,9D,10D,11D,12D,13D,14D,19D. The second kappa shape index (κ2) is 8.08. The van der Waals surface area contributed by atoms with Crippen molar-refractivity contribution in [3.05, 3.63) is 133 Å². The van der Waals surface area contributed by atoms with Gasteiger partial charge in [0.25, 0.3) is 0 Å². The van der Waals surface area contributed by atoms with Crippen LogP contribution in [0.3, 0.4) is 0 Å². The van der Waals surface area contributed by atoms with Crippen LogP contribution in [0.4, 0.5) is 0 Å². The van der Waals surface area contributed by atoms with Crippen molar-refractivity contribution in [1.82, 2.24) is 0 Å². The van der Waals surface area contributed by atoms with Gasteiger partial charge in [-0.15, -0.1) is 0 Å². The Balaban J connectivity index is 1.56. The van der Waals surface area contributed by atoms with Gasteiger partial charge in [-0.2, -0.15) is 0 Å². The molecule has 0 aliphatic heterocycles. The molecule has 40 heavy (non-hydrogen) atoms. The average molecular weight is 526 g/mol. The highest BCUT2D eigenvalue weighted by atomic mass is 16.3. The van der Waals surface area contributed by atoms with Crippen molar-refractivity contribution in [2.24, 2.45) is 0 Å². The van der Waals surface area contributed by atoms with E-state index in [1.807, 2.05) is 6.07 Å². The molecular formula is C38H22O2. The third kappa shape index (κ3) is 3.05. The van der Waals surface area contributed by atoms with Crippen molar-refractivity contribution >= 4 is 65.2 Å². The Morgan fingerprint density at radius 3 is 1.85 bits per heavy atom. The predicted octanol–water partition coefficient (Wildman–Crippen LogP) is 11.1. The molecule has 0 bridgehead atoms. The lowest BCUT2D eigenvalue weighted by Crippen LogP contribution is -1.91. The molecule has 9 aromatic rings. The molecule has 2 aromatic heterocycles. The number of rotatable bonds is 2. The first-order chi connectivity index (χ1) is 26.1. The van der Waals surface area contributed by atoms with Gasteiger partial charge >= 0.3 is 0 Å². The second-order valence-electron chi connectivity index (χ2n) is 9.37. The van der Waals surface area contributed by atoms with E-state index in [1.165, 1.54) is 6.26 Å². The lowest BCUT2D eigenvalue weighted by molar-refractivity contribution is 0.613. The van der Waals surface area contributed by atoms with Gasteiger partial charge in [0, 0.05) is 22.2 Å². The molecule has 0 fully saturated rings. The molecule has 0 spiro atoms. The number of hydrogen-bond acceptors (Lipinski definition) is 2. The molecule has 0 saturated heterocycles. The summed E-state index contributed by atoms with van der Waals surface area (Å²) >= 11 is 0. The number of fused-ring (bicyclic) bond motifs is 7. The summed E-state index contributed by atoms with van der Waals surface area (Å²) in [6, 6.07) is 0.257. The van der Waals surface area contributed by atoms with Gasteiger partial charge in [-0.1, -0.05) is 90.7 Å². The first kappa shape index (κ1) is 11.8. The first-order valence-corrected chi connectivity index (χ1v) is 12.4. The molecule has 0 aliphatic carbocycles. The molecule has 2 nitrogen and oxygen atoms in total. The van der Waals surface area contributed by atoms with Crippen molar-refractivity contribution in [1.29, 1.82) is 0 Å². The van der Waals surface area contributed by atoms with Gasteiger partial charge in [-0.25, -0.2) is 0 Å². The molecule has 0 unspecified atom stereocenters. The molecule has 186 valence electrons. The van der Waals surface area contributed by atoms with Crippen LogP contribution in [0.2, 0.25) is 0 Å². The Kier molecular flexibility index (Phi) is 2.39. The van der Waals surface area contributed by atoms with Crippen molar-refractivity contribution in [2.75, 3.05) is 0 Å². The summed E-state index contributed by atoms with van der Waals surface area (Å²) in [6.07, 6.45) is 1.54. The maximum absolute atomic E-state index is 9.37. The van der Waals surface area contributed by atoms with Gasteiger partial charge in [0.15, 0.2) is 0 Å². The Labute approximate surface area is 250 Å². The van der Waals surface area contributed by atoms with Gasteiger partial charge < -0.3 is 8.83 Å². The van der Waals surface area contributed by atoms with Crippen LogP contribution in [0.5, 0.6) is 0 Å². The zero-order valence-corrected chi connectivity index (χ0v) is 20.4. The molecule has 0 saturated carbocycles. The zero-order valence-electron chi connectivity index (χ0n) is 35.4. The zero-order chi connectivity index (χ0) is 39.3. The molecule has 0 amide bonds. The van der Waals surface area contributed by atoms with Crippen molar-refractivity contribution in [2.45, 2.75) is 0 Å². The van der Waals surface area contributed by atoms with E-state index in [2.05, 4.69) is 0 Å². The second-order valence-corrected chi connectivity index (χ2v) is 9.37. The van der Waals surface area contributed by atoms with E-state index < -0.39 is 107 Å². The fourth-order valence-electron chi connectivity index (χ4n) is 5.46. The van der Waals surface area contributed by atoms with Crippen LogP contribution in [0, 0.1) is 0 Å². The summed E-state index contributed by atoms with van der Waals surface area (Å²) in [5.41, 5.74) is 0.985. The van der Waals surface area contributed by atoms with Crippen LogP contribution in [0.15, 0.2) is 142 Å². The fraction of sp³-hybridized carbons (Fsp3) is 0. The molecular weight excluding hydrogens is 488 g/mol. The first-order valence-electron chi connectivity index (χ1n) is 19.9. The summed E-state index contributed by atoms with van der Waals surface area (Å²) in [7, 11) is 0. The largest absolute Gasteiger partial charge is 0.464 e. The number of furan rings is 2. The smallest absolute Gasteiger partial charge is 0.139 e. The summed E-state index contributed by atoms with van der Waals surface area (Å²) in [6.45, 7) is 0. The van der Waals surface area contributed by atoms with E-state index in [-0.39, 0.29) is 32.7 Å². The third-order valence-corrected chi connectivity index (χ3v) is 7.21. The van der Waals surface area contributed by atoms with Crippen molar-refractivity contribution < 1.29 is 29.4 Å². The number of benzene rings is 7. The molecule has 0 aliphatic rings. The Morgan fingerprint density at radius 1 is 0.450 bits per heavy atom. The van der Waals surface area contributed by atoms with E-state index in [9.17, 15) is 8.22 Å². The molecule has 7 aromatic carbocycles. The summed E-state index contributed by atoms with van der Waals surface area (Å²) < 4.78 is 145. The predicted molar refractivity (Wildman–Crippen MR) is 167 cm³/mol. The molecule has 0 radical (unpaired) electrons. The minimum absolute atomic E-state index is 0.0141. The third-order valence-electron chi connectivity index (χ3n) is 7.21. The highest BCUT2D eigenvalue weighted by Gasteiger charge is 2.18. The van der Waals surface area contributed by atoms with Crippen LogP contribution >= 0.6 is 0 Å². The van der Waals surface area contributed by atoms with E-state index in [4.69, 9.17) is 21.2 Å². The highest BCUT2D eigenvalue weighted by Crippen LogP contribution is 2.45. The molecule has 9 rings (SSSR count). The van der Waals surface area contributed by atoms with Gasteiger partial charge in [0.1, 0.15) is 16.7 Å². The molecule has 2 heteroatoms. The summed E-state index contributed by atoms with van der Waals surface area (Å²) in [5, 5.41) is 0.218. The van der Waals surface area contributed by atoms with Crippen molar-refractivity contribution in [3.8, 4) is 22.3 Å². The van der Waals surface area contributed by atoms with E-state index in [0.717, 1.165) is 5.39 Å². The fourth-order valence-corrected chi connectivity index (χ4v) is 5.46. The van der Waals surface area contributed by atoms with Gasteiger partial charge in [0.2, 0.25) is 0 Å². The SMILES string of the molecule is [2H]c1c([2H])c([2H])c2c([2H])c(-c3c4c([2H])c([2H])c([2H])c([2H])c4c(-c4ccc5oc6cc7occc7cc6c5c4)c4c([2H])c([2H])c([2H])c([2H])c34)c([2H])c([2H])c2c1[2H]. The van der Waals surface area contributed by atoms with E-state index in [0.29, 0.717) is 33.1 Å². The quantitative estimate of drug-likeness (QED) is 0.210. The van der Waals surface area contributed by atoms with Crippen LogP contribution in [0.25, 0.3) is 87.5 Å². The number of hydrogen-bond donors (Lipinski definition) is 0. The van der Waals surface area contributed by atoms with Crippen LogP contribution in [-0.4, -0.2) is 0 Å². The maximum atomic E-state index is 9.37. The molecule has 2 heterocycles. The maximum Gasteiger partial charge on any atom is 0.139 e. The van der Waals surface area contributed by atoms with Gasteiger partial charge in [-0.3, -0.25) is 0 Å². The average Bonchev–Trinajstić information content (AvgIpc) is 3.78. The van der Waals surface area contributed by atoms with E-state index in [1.54, 1.807) is 30.3 Å². The summed E-state index contributed by atoms with van der Waals surface area (Å²) in [4.78, 5) is 0. The highest BCUT2D eigenvalue weighted by molar-refractivity contribution is 6.22. The molecule has 0 N–H and O–H groups in total. The van der Waals surface area contributed by atoms with E-state index >= 15 is 0 Å². The minimum atomic E-state index is -0.741. The monoisotopic (exact) mass is 525 g/mol. The van der Waals surface area contributed by atoms with Crippen molar-refractivity contribution in [3.63, 3.8) is 0 Å².